The maximum atomic E-state index is 10.5. The van der Waals surface area contributed by atoms with Crippen LogP contribution >= 0.6 is 0 Å². The molecule has 0 amide bonds. The molecule has 0 bridgehead atoms. The highest BCUT2D eigenvalue weighted by atomic mass is 16.6. The minimum atomic E-state index is -0.548. The standard InChI is InChI=1S/C16H11NO3/c18-17(19)16-10-9-15(20-16)8-6-12-5-7-13-3-1-2-4-14(13)11-12/h1-11H. The quantitative estimate of drug-likeness (QED) is 0.517. The van der Waals surface area contributed by atoms with Gasteiger partial charge in [0.05, 0.1) is 6.07 Å². The molecule has 0 radical (unpaired) electrons. The van der Waals surface area contributed by atoms with E-state index in [2.05, 4.69) is 12.1 Å². The lowest BCUT2D eigenvalue weighted by Crippen LogP contribution is -1.82. The van der Waals surface area contributed by atoms with E-state index in [9.17, 15) is 10.1 Å². The van der Waals surface area contributed by atoms with E-state index in [0.29, 0.717) is 5.76 Å². The highest BCUT2D eigenvalue weighted by Gasteiger charge is 2.09. The molecule has 0 atom stereocenters. The van der Waals surface area contributed by atoms with Crippen LogP contribution in [0.15, 0.2) is 59.0 Å². The summed E-state index contributed by atoms with van der Waals surface area (Å²) in [7, 11) is 0. The summed E-state index contributed by atoms with van der Waals surface area (Å²) < 4.78 is 5.07. The zero-order valence-corrected chi connectivity index (χ0v) is 10.5. The molecule has 0 aliphatic rings. The molecule has 3 rings (SSSR count). The second-order valence-electron chi connectivity index (χ2n) is 4.37. The van der Waals surface area contributed by atoms with Gasteiger partial charge < -0.3 is 4.42 Å². The first kappa shape index (κ1) is 12.2. The average molecular weight is 265 g/mol. The highest BCUT2D eigenvalue weighted by molar-refractivity contribution is 5.85. The van der Waals surface area contributed by atoms with Gasteiger partial charge in [-0.2, -0.15) is 0 Å². The zero-order valence-electron chi connectivity index (χ0n) is 10.5. The van der Waals surface area contributed by atoms with Crippen molar-refractivity contribution in [2.45, 2.75) is 0 Å². The van der Waals surface area contributed by atoms with Crippen LogP contribution in [0, 0.1) is 10.1 Å². The first-order valence-electron chi connectivity index (χ1n) is 6.13. The lowest BCUT2D eigenvalue weighted by molar-refractivity contribution is -0.402. The van der Waals surface area contributed by atoms with Gasteiger partial charge in [-0.1, -0.05) is 42.5 Å². The first-order chi connectivity index (χ1) is 9.72. The number of rotatable bonds is 3. The van der Waals surface area contributed by atoms with Crippen molar-refractivity contribution in [3.05, 3.63) is 76.0 Å². The maximum absolute atomic E-state index is 10.5. The Labute approximate surface area is 115 Å². The minimum absolute atomic E-state index is 0.247. The Bertz CT molecular complexity index is 802. The maximum Gasteiger partial charge on any atom is 0.433 e. The van der Waals surface area contributed by atoms with E-state index in [1.165, 1.54) is 11.5 Å². The van der Waals surface area contributed by atoms with Crippen molar-refractivity contribution >= 4 is 28.8 Å². The molecular formula is C16H11NO3. The number of hydrogen-bond donors (Lipinski definition) is 0. The van der Waals surface area contributed by atoms with Crippen molar-refractivity contribution in [1.29, 1.82) is 0 Å². The number of fused-ring (bicyclic) bond motifs is 1. The molecule has 1 heterocycles. The minimum Gasteiger partial charge on any atom is -0.401 e. The van der Waals surface area contributed by atoms with Crippen molar-refractivity contribution in [2.24, 2.45) is 0 Å². The molecule has 0 saturated carbocycles. The van der Waals surface area contributed by atoms with Crippen LogP contribution < -0.4 is 0 Å². The number of nitro groups is 1. The molecule has 0 spiro atoms. The number of nitrogens with zero attached hydrogens (tertiary/aromatic N) is 1. The molecular weight excluding hydrogens is 254 g/mol. The van der Waals surface area contributed by atoms with Gasteiger partial charge in [0, 0.05) is 0 Å². The second kappa shape index (κ2) is 5.01. The largest absolute Gasteiger partial charge is 0.433 e. The Hall–Kier alpha value is -2.88. The normalized spacial score (nSPS) is 11.2. The van der Waals surface area contributed by atoms with E-state index in [4.69, 9.17) is 4.42 Å². The van der Waals surface area contributed by atoms with Crippen molar-refractivity contribution < 1.29 is 9.34 Å². The van der Waals surface area contributed by atoms with Crippen molar-refractivity contribution in [3.63, 3.8) is 0 Å². The molecule has 0 aliphatic heterocycles. The molecule has 4 nitrogen and oxygen atoms in total. The Morgan fingerprint density at radius 3 is 2.50 bits per heavy atom. The third-order valence-electron chi connectivity index (χ3n) is 3.01. The van der Waals surface area contributed by atoms with Crippen molar-refractivity contribution in [3.8, 4) is 0 Å². The lowest BCUT2D eigenvalue weighted by Gasteiger charge is -1.98. The topological polar surface area (TPSA) is 56.3 Å². The molecule has 0 unspecified atom stereocenters. The lowest BCUT2D eigenvalue weighted by atomic mass is 10.1. The molecule has 1 aromatic heterocycles. The molecule has 0 N–H and O–H groups in total. The number of hydrogen-bond acceptors (Lipinski definition) is 3. The summed E-state index contributed by atoms with van der Waals surface area (Å²) in [6.45, 7) is 0. The van der Waals surface area contributed by atoms with E-state index in [1.807, 2.05) is 36.4 Å². The Morgan fingerprint density at radius 2 is 1.75 bits per heavy atom. The van der Waals surface area contributed by atoms with Gasteiger partial charge in [0.1, 0.15) is 10.7 Å². The smallest absolute Gasteiger partial charge is 0.401 e. The zero-order chi connectivity index (χ0) is 13.9. The summed E-state index contributed by atoms with van der Waals surface area (Å²) in [5.74, 6) is 0.216. The predicted molar refractivity (Wildman–Crippen MR) is 78.2 cm³/mol. The molecule has 2 aromatic carbocycles. The van der Waals surface area contributed by atoms with Crippen molar-refractivity contribution in [2.75, 3.05) is 0 Å². The fraction of sp³-hybridized carbons (Fsp3) is 0. The molecule has 0 aliphatic carbocycles. The molecule has 20 heavy (non-hydrogen) atoms. The van der Waals surface area contributed by atoms with Crippen LogP contribution in [0.1, 0.15) is 11.3 Å². The van der Waals surface area contributed by atoms with E-state index in [0.717, 1.165) is 10.9 Å². The first-order valence-corrected chi connectivity index (χ1v) is 6.13. The van der Waals surface area contributed by atoms with E-state index in [1.54, 1.807) is 12.1 Å². The van der Waals surface area contributed by atoms with Crippen LogP contribution in [0.4, 0.5) is 5.88 Å². The third kappa shape index (κ3) is 2.44. The van der Waals surface area contributed by atoms with Gasteiger partial charge >= 0.3 is 5.88 Å². The van der Waals surface area contributed by atoms with Crippen molar-refractivity contribution in [1.82, 2.24) is 0 Å². The van der Waals surface area contributed by atoms with Gasteiger partial charge in [-0.05, 0) is 34.5 Å². The molecule has 0 saturated heterocycles. The van der Waals surface area contributed by atoms with Crippen LogP contribution in [0.2, 0.25) is 0 Å². The summed E-state index contributed by atoms with van der Waals surface area (Å²) in [5, 5.41) is 12.9. The highest BCUT2D eigenvalue weighted by Crippen LogP contribution is 2.20. The van der Waals surface area contributed by atoms with Gasteiger partial charge in [0.25, 0.3) is 0 Å². The number of benzene rings is 2. The van der Waals surface area contributed by atoms with Gasteiger partial charge in [0.15, 0.2) is 0 Å². The summed E-state index contributed by atoms with van der Waals surface area (Å²) in [4.78, 5) is 9.97. The van der Waals surface area contributed by atoms with E-state index >= 15 is 0 Å². The van der Waals surface area contributed by atoms with Crippen LogP contribution in [0.3, 0.4) is 0 Å². The Morgan fingerprint density at radius 1 is 0.950 bits per heavy atom. The average Bonchev–Trinajstić information content (AvgIpc) is 2.94. The summed E-state index contributed by atoms with van der Waals surface area (Å²) in [6, 6.07) is 17.1. The van der Waals surface area contributed by atoms with Gasteiger partial charge in [-0.25, -0.2) is 0 Å². The van der Waals surface area contributed by atoms with Gasteiger partial charge in [0.2, 0.25) is 0 Å². The molecule has 0 fully saturated rings. The third-order valence-corrected chi connectivity index (χ3v) is 3.01. The molecule has 3 aromatic rings. The predicted octanol–water partition coefficient (Wildman–Crippen LogP) is 4.51. The fourth-order valence-electron chi connectivity index (χ4n) is 2.02. The SMILES string of the molecule is O=[N+]([O-])c1ccc(C=Cc2ccc3ccccc3c2)o1. The summed E-state index contributed by atoms with van der Waals surface area (Å²) >= 11 is 0. The summed E-state index contributed by atoms with van der Waals surface area (Å²) in [6.07, 6.45) is 3.59. The molecule has 98 valence electrons. The van der Waals surface area contributed by atoms with E-state index in [-0.39, 0.29) is 5.88 Å². The van der Waals surface area contributed by atoms with Gasteiger partial charge in [-0.3, -0.25) is 10.1 Å². The van der Waals surface area contributed by atoms with Gasteiger partial charge in [-0.15, -0.1) is 0 Å². The fourth-order valence-corrected chi connectivity index (χ4v) is 2.02. The van der Waals surface area contributed by atoms with Crippen LogP contribution in [-0.2, 0) is 0 Å². The monoisotopic (exact) mass is 265 g/mol. The Balaban J connectivity index is 1.87. The summed E-state index contributed by atoms with van der Waals surface area (Å²) in [5.41, 5.74) is 1.02. The van der Waals surface area contributed by atoms with E-state index < -0.39 is 4.92 Å². The molecule has 4 heteroatoms. The van der Waals surface area contributed by atoms with Crippen LogP contribution in [0.5, 0.6) is 0 Å². The van der Waals surface area contributed by atoms with Crippen LogP contribution in [0.25, 0.3) is 22.9 Å². The number of furan rings is 1. The second-order valence-corrected chi connectivity index (χ2v) is 4.37. The Kier molecular flexibility index (Phi) is 3.05. The van der Waals surface area contributed by atoms with Crippen LogP contribution in [-0.4, -0.2) is 4.92 Å².